The lowest BCUT2D eigenvalue weighted by atomic mass is 10.2. The van der Waals surface area contributed by atoms with E-state index in [-0.39, 0.29) is 13.0 Å². The molecule has 0 aliphatic carbocycles. The molecule has 8 heteroatoms. The molecule has 1 heterocycles. The summed E-state index contributed by atoms with van der Waals surface area (Å²) < 4.78 is 9.88. The molecule has 1 saturated heterocycles. The van der Waals surface area contributed by atoms with Crippen molar-refractivity contribution in [2.45, 2.75) is 18.6 Å². The van der Waals surface area contributed by atoms with Crippen LogP contribution in [0.4, 0.5) is 4.79 Å². The van der Waals surface area contributed by atoms with E-state index in [1.165, 1.54) is 24.0 Å². The fraction of sp³-hybridized carbons (Fsp3) is 0.833. The van der Waals surface area contributed by atoms with Gasteiger partial charge in [0.05, 0.1) is 19.3 Å². The molecule has 0 aromatic rings. The molecule has 0 saturated carbocycles. The number of urea groups is 1. The molecule has 0 bridgehead atoms. The zero-order valence-corrected chi connectivity index (χ0v) is 11.8. The first-order valence-corrected chi connectivity index (χ1v) is 6.45. The van der Waals surface area contributed by atoms with E-state index >= 15 is 0 Å². The van der Waals surface area contributed by atoms with E-state index in [4.69, 9.17) is 14.6 Å². The fourth-order valence-electron chi connectivity index (χ4n) is 2.15. The monoisotopic (exact) mass is 290 g/mol. The minimum absolute atomic E-state index is 0.0340. The number of aliphatic carboxylic acids is 1. The third-order valence-corrected chi connectivity index (χ3v) is 3.21. The van der Waals surface area contributed by atoms with Gasteiger partial charge in [0.2, 0.25) is 0 Å². The van der Waals surface area contributed by atoms with Gasteiger partial charge in [-0.3, -0.25) is 0 Å². The van der Waals surface area contributed by atoms with Crippen molar-refractivity contribution >= 4 is 12.0 Å². The Morgan fingerprint density at radius 2 is 1.80 bits per heavy atom. The molecule has 0 aromatic heterocycles. The highest BCUT2D eigenvalue weighted by molar-refractivity contribution is 5.83. The summed E-state index contributed by atoms with van der Waals surface area (Å²) in [5.74, 6) is -1.10. The van der Waals surface area contributed by atoms with Crippen molar-refractivity contribution < 1.29 is 29.3 Å². The van der Waals surface area contributed by atoms with E-state index < -0.39 is 24.1 Å². The van der Waals surface area contributed by atoms with Crippen molar-refractivity contribution in [3.63, 3.8) is 0 Å². The molecule has 0 spiro atoms. The Morgan fingerprint density at radius 3 is 2.25 bits per heavy atom. The molecule has 2 N–H and O–H groups in total. The van der Waals surface area contributed by atoms with Crippen LogP contribution in [0.2, 0.25) is 0 Å². The topological polar surface area (TPSA) is 99.5 Å². The Labute approximate surface area is 117 Å². The zero-order valence-electron chi connectivity index (χ0n) is 11.8. The minimum Gasteiger partial charge on any atom is -0.480 e. The second-order valence-electron chi connectivity index (χ2n) is 4.65. The Morgan fingerprint density at radius 1 is 1.25 bits per heavy atom. The third-order valence-electron chi connectivity index (χ3n) is 3.21. The maximum Gasteiger partial charge on any atom is 0.326 e. The van der Waals surface area contributed by atoms with Gasteiger partial charge in [-0.15, -0.1) is 0 Å². The highest BCUT2D eigenvalue weighted by atomic mass is 16.5. The summed E-state index contributed by atoms with van der Waals surface area (Å²) in [5, 5.41) is 18.7. The summed E-state index contributed by atoms with van der Waals surface area (Å²) in [7, 11) is 3.05. The Balaban J connectivity index is 2.73. The van der Waals surface area contributed by atoms with Crippen molar-refractivity contribution in [1.82, 2.24) is 9.80 Å². The van der Waals surface area contributed by atoms with Crippen LogP contribution in [0.25, 0.3) is 0 Å². The Bertz CT molecular complexity index is 330. The van der Waals surface area contributed by atoms with Crippen LogP contribution < -0.4 is 0 Å². The number of likely N-dealkylation sites (tertiary alicyclic amines) is 1. The Kier molecular flexibility index (Phi) is 6.69. The molecular formula is C12H22N2O6. The van der Waals surface area contributed by atoms with E-state index in [2.05, 4.69) is 0 Å². The zero-order chi connectivity index (χ0) is 15.1. The van der Waals surface area contributed by atoms with Crippen LogP contribution in [0.15, 0.2) is 0 Å². The highest BCUT2D eigenvalue weighted by Gasteiger charge is 2.40. The summed E-state index contributed by atoms with van der Waals surface area (Å²) in [4.78, 5) is 26.2. The minimum atomic E-state index is -1.10. The normalized spacial score (nSPS) is 22.1. The Hall–Kier alpha value is -1.38. The standard InChI is InChI=1S/C12H22N2O6/c1-19-5-3-13(4-6-20-2)12(18)14-8-9(15)7-10(14)11(16)17/h9-10,15H,3-8H2,1-2H3,(H,16,17)/t9-,10-/m1/s1. The van der Waals surface area contributed by atoms with Gasteiger partial charge in [0.1, 0.15) is 6.04 Å². The molecule has 2 atom stereocenters. The molecule has 2 amide bonds. The smallest absolute Gasteiger partial charge is 0.326 e. The SMILES string of the molecule is COCCN(CCOC)C(=O)N1C[C@H](O)C[C@@H]1C(=O)O. The van der Waals surface area contributed by atoms with Gasteiger partial charge in [0.25, 0.3) is 0 Å². The molecule has 0 unspecified atom stereocenters. The first-order valence-electron chi connectivity index (χ1n) is 6.45. The number of carbonyl (C=O) groups excluding carboxylic acids is 1. The number of hydrogen-bond donors (Lipinski definition) is 2. The third kappa shape index (κ3) is 4.32. The van der Waals surface area contributed by atoms with E-state index in [1.807, 2.05) is 0 Å². The summed E-state index contributed by atoms with van der Waals surface area (Å²) in [6.45, 7) is 1.43. The number of aliphatic hydroxyl groups excluding tert-OH is 1. The fourth-order valence-corrected chi connectivity index (χ4v) is 2.15. The molecule has 1 fully saturated rings. The van der Waals surface area contributed by atoms with Crippen molar-refractivity contribution in [3.8, 4) is 0 Å². The van der Waals surface area contributed by atoms with Gasteiger partial charge in [-0.1, -0.05) is 0 Å². The maximum atomic E-state index is 12.4. The summed E-state index contributed by atoms with van der Waals surface area (Å²) in [6, 6.07) is -1.40. The number of β-amino-alcohol motifs (C(OH)–C–C–N with tert-alkyl or cyclic N) is 1. The van der Waals surface area contributed by atoms with Gasteiger partial charge < -0.3 is 29.5 Å². The first kappa shape index (κ1) is 16.7. The quantitative estimate of drug-likeness (QED) is 0.638. The molecule has 0 aromatic carbocycles. The van der Waals surface area contributed by atoms with Gasteiger partial charge in [0, 0.05) is 40.3 Å². The highest BCUT2D eigenvalue weighted by Crippen LogP contribution is 2.20. The number of aliphatic hydroxyl groups is 1. The van der Waals surface area contributed by atoms with E-state index in [1.54, 1.807) is 0 Å². The molecule has 1 aliphatic heterocycles. The number of methoxy groups -OCH3 is 2. The van der Waals surface area contributed by atoms with Gasteiger partial charge in [-0.05, 0) is 0 Å². The average molecular weight is 290 g/mol. The number of carboxylic acids is 1. The summed E-state index contributed by atoms with van der Waals surface area (Å²) in [5.41, 5.74) is 0. The molecule has 1 aliphatic rings. The molecule has 1 rings (SSSR count). The lowest BCUT2D eigenvalue weighted by molar-refractivity contribution is -0.141. The molecule has 116 valence electrons. The first-order chi connectivity index (χ1) is 9.51. The van der Waals surface area contributed by atoms with Gasteiger partial charge >= 0.3 is 12.0 Å². The number of carboxylic acid groups (broad SMARTS) is 1. The predicted octanol–water partition coefficient (Wildman–Crippen LogP) is -0.779. The van der Waals surface area contributed by atoms with Crippen molar-refractivity contribution in [2.24, 2.45) is 0 Å². The van der Waals surface area contributed by atoms with Crippen molar-refractivity contribution in [3.05, 3.63) is 0 Å². The number of rotatable bonds is 7. The van der Waals surface area contributed by atoms with Crippen LogP contribution in [0.3, 0.4) is 0 Å². The van der Waals surface area contributed by atoms with Crippen LogP contribution in [-0.2, 0) is 14.3 Å². The average Bonchev–Trinajstić information content (AvgIpc) is 2.80. The van der Waals surface area contributed by atoms with Gasteiger partial charge in [-0.2, -0.15) is 0 Å². The van der Waals surface area contributed by atoms with Gasteiger partial charge in [0.15, 0.2) is 0 Å². The predicted molar refractivity (Wildman–Crippen MR) is 69.5 cm³/mol. The van der Waals surface area contributed by atoms with Gasteiger partial charge in [-0.25, -0.2) is 9.59 Å². The lowest BCUT2D eigenvalue weighted by Crippen LogP contribution is -2.49. The molecule has 20 heavy (non-hydrogen) atoms. The molecular weight excluding hydrogens is 268 g/mol. The van der Waals surface area contributed by atoms with Crippen LogP contribution in [0, 0.1) is 0 Å². The summed E-state index contributed by atoms with van der Waals surface area (Å²) >= 11 is 0. The molecule has 0 radical (unpaired) electrons. The number of hydrogen-bond acceptors (Lipinski definition) is 5. The van der Waals surface area contributed by atoms with Crippen molar-refractivity contribution in [2.75, 3.05) is 47.1 Å². The largest absolute Gasteiger partial charge is 0.480 e. The van der Waals surface area contributed by atoms with Crippen LogP contribution in [0.5, 0.6) is 0 Å². The number of ether oxygens (including phenoxy) is 2. The second-order valence-corrected chi connectivity index (χ2v) is 4.65. The lowest BCUT2D eigenvalue weighted by Gasteiger charge is -2.30. The van der Waals surface area contributed by atoms with Crippen LogP contribution in [-0.4, -0.2) is 91.2 Å². The maximum absolute atomic E-state index is 12.4. The number of nitrogens with zero attached hydrogens (tertiary/aromatic N) is 2. The van der Waals surface area contributed by atoms with E-state index in [0.717, 1.165) is 0 Å². The van der Waals surface area contributed by atoms with Crippen LogP contribution in [0.1, 0.15) is 6.42 Å². The van der Waals surface area contributed by atoms with Crippen LogP contribution >= 0.6 is 0 Å². The number of amides is 2. The van der Waals surface area contributed by atoms with Crippen molar-refractivity contribution in [1.29, 1.82) is 0 Å². The second kappa shape index (κ2) is 8.03. The molecule has 8 nitrogen and oxygen atoms in total. The van der Waals surface area contributed by atoms with E-state index in [9.17, 15) is 14.7 Å². The summed E-state index contributed by atoms with van der Waals surface area (Å²) in [6.07, 6.45) is -0.740. The number of carbonyl (C=O) groups is 2. The van der Waals surface area contributed by atoms with E-state index in [0.29, 0.717) is 26.3 Å².